The van der Waals surface area contributed by atoms with E-state index in [-0.39, 0.29) is 0 Å². The maximum atomic E-state index is 5.05. The Hall–Kier alpha value is 0.360. The first-order valence-corrected chi connectivity index (χ1v) is 5.74. The van der Waals surface area contributed by atoms with Crippen molar-refractivity contribution < 1.29 is 4.74 Å². The number of ether oxygens (including phenoxy) is 1. The molecule has 0 aliphatic heterocycles. The van der Waals surface area contributed by atoms with Crippen LogP contribution in [-0.2, 0) is 4.74 Å². The molecule has 0 aliphatic rings. The van der Waals surface area contributed by atoms with Crippen LogP contribution in [0.25, 0.3) is 0 Å². The molecule has 0 aliphatic carbocycles. The molecule has 0 saturated heterocycles. The lowest BCUT2D eigenvalue weighted by Crippen LogP contribution is -2.35. The third-order valence-electron chi connectivity index (χ3n) is 1.88. The van der Waals surface area contributed by atoms with Crippen LogP contribution in [0.5, 0.6) is 0 Å². The Morgan fingerprint density at radius 1 is 1.08 bits per heavy atom. The smallest absolute Gasteiger partial charge is 0.0589 e. The van der Waals surface area contributed by atoms with Crippen LogP contribution in [0.4, 0.5) is 0 Å². The fourth-order valence-electron chi connectivity index (χ4n) is 1.02. The van der Waals surface area contributed by atoms with E-state index in [2.05, 4.69) is 39.8 Å². The molecule has 13 heavy (non-hydrogen) atoms. The van der Waals surface area contributed by atoms with E-state index in [9.17, 15) is 0 Å². The lowest BCUT2D eigenvalue weighted by Gasteiger charge is -2.22. The summed E-state index contributed by atoms with van der Waals surface area (Å²) in [5, 5.41) is 1.03. The summed E-state index contributed by atoms with van der Waals surface area (Å²) < 4.78 is 5.05. The zero-order chi connectivity index (χ0) is 10.1. The maximum Gasteiger partial charge on any atom is 0.0589 e. The van der Waals surface area contributed by atoms with Crippen LogP contribution >= 0.6 is 15.9 Å². The van der Waals surface area contributed by atoms with Gasteiger partial charge in [-0.3, -0.25) is 4.90 Å². The number of hydrogen-bond donors (Lipinski definition) is 0. The third kappa shape index (κ3) is 8.68. The van der Waals surface area contributed by atoms with E-state index in [4.69, 9.17) is 4.74 Å². The summed E-state index contributed by atoms with van der Waals surface area (Å²) >= 11 is 3.45. The zero-order valence-electron chi connectivity index (χ0n) is 8.92. The largest absolute Gasteiger partial charge is 0.383 e. The number of nitrogens with zero attached hydrogens (tertiary/aromatic N) is 2. The van der Waals surface area contributed by atoms with E-state index >= 15 is 0 Å². The molecule has 0 rings (SSSR count). The Bertz CT molecular complexity index is 112. The van der Waals surface area contributed by atoms with Crippen LogP contribution in [0.3, 0.4) is 0 Å². The summed E-state index contributed by atoms with van der Waals surface area (Å²) in [6.07, 6.45) is 0. The van der Waals surface area contributed by atoms with Crippen LogP contribution in [0, 0.1) is 0 Å². The van der Waals surface area contributed by atoms with Gasteiger partial charge in [0.05, 0.1) is 6.61 Å². The van der Waals surface area contributed by atoms with Gasteiger partial charge in [0.15, 0.2) is 0 Å². The summed E-state index contributed by atoms with van der Waals surface area (Å²) in [6.45, 7) is 5.16. The fraction of sp³-hybridized carbons (Fsp3) is 1.00. The van der Waals surface area contributed by atoms with Crippen LogP contribution < -0.4 is 0 Å². The van der Waals surface area contributed by atoms with Crippen molar-refractivity contribution in [2.75, 3.05) is 59.3 Å². The molecule has 0 spiro atoms. The number of methoxy groups -OCH3 is 1. The molecule has 0 bridgehead atoms. The van der Waals surface area contributed by atoms with Crippen molar-refractivity contribution in [3.8, 4) is 0 Å². The van der Waals surface area contributed by atoms with E-state index in [1.54, 1.807) is 7.11 Å². The Morgan fingerprint density at radius 3 is 2.23 bits per heavy atom. The second kappa shape index (κ2) is 8.94. The molecule has 0 aromatic heterocycles. The van der Waals surface area contributed by atoms with E-state index in [0.717, 1.165) is 38.1 Å². The van der Waals surface area contributed by atoms with Gasteiger partial charge in [0.1, 0.15) is 0 Å². The maximum absolute atomic E-state index is 5.05. The van der Waals surface area contributed by atoms with Gasteiger partial charge in [-0.2, -0.15) is 0 Å². The average molecular weight is 253 g/mol. The lowest BCUT2D eigenvalue weighted by atomic mass is 10.4. The molecule has 0 atom stereocenters. The number of hydrogen-bond acceptors (Lipinski definition) is 3. The molecule has 0 aromatic rings. The van der Waals surface area contributed by atoms with Gasteiger partial charge in [0, 0.05) is 38.6 Å². The number of alkyl halides is 1. The Balaban J connectivity index is 3.53. The SMILES string of the molecule is COCCN(CCBr)CCN(C)C. The highest BCUT2D eigenvalue weighted by Crippen LogP contribution is 1.92. The molecule has 0 aromatic carbocycles. The summed E-state index contributed by atoms with van der Waals surface area (Å²) in [5.74, 6) is 0. The molecule has 0 radical (unpaired) electrons. The van der Waals surface area contributed by atoms with E-state index in [0.29, 0.717) is 0 Å². The second-order valence-corrected chi connectivity index (χ2v) is 4.12. The molecule has 0 heterocycles. The summed E-state index contributed by atoms with van der Waals surface area (Å²) in [7, 11) is 5.95. The third-order valence-corrected chi connectivity index (χ3v) is 2.23. The van der Waals surface area contributed by atoms with Crippen molar-refractivity contribution in [1.29, 1.82) is 0 Å². The fourth-order valence-corrected chi connectivity index (χ4v) is 1.52. The van der Waals surface area contributed by atoms with Gasteiger partial charge in [0.25, 0.3) is 0 Å². The molecule has 0 fully saturated rings. The topological polar surface area (TPSA) is 15.7 Å². The van der Waals surface area contributed by atoms with Gasteiger partial charge < -0.3 is 9.64 Å². The van der Waals surface area contributed by atoms with Gasteiger partial charge >= 0.3 is 0 Å². The van der Waals surface area contributed by atoms with Gasteiger partial charge in [-0.25, -0.2) is 0 Å². The quantitative estimate of drug-likeness (QED) is 0.597. The van der Waals surface area contributed by atoms with Crippen LogP contribution in [0.1, 0.15) is 0 Å². The van der Waals surface area contributed by atoms with Crippen molar-refractivity contribution >= 4 is 15.9 Å². The van der Waals surface area contributed by atoms with E-state index in [1.807, 2.05) is 0 Å². The Kier molecular flexibility index (Phi) is 9.18. The molecule has 0 amide bonds. The predicted molar refractivity (Wildman–Crippen MR) is 60.7 cm³/mol. The Morgan fingerprint density at radius 2 is 1.77 bits per heavy atom. The molecule has 80 valence electrons. The standard InChI is InChI=1S/C9H21BrN2O/c1-11(2)6-7-12(5-4-10)8-9-13-3/h4-9H2,1-3H3. The molecule has 0 N–H and O–H groups in total. The van der Waals surface area contributed by atoms with Gasteiger partial charge in [-0.05, 0) is 14.1 Å². The van der Waals surface area contributed by atoms with Crippen molar-refractivity contribution in [3.05, 3.63) is 0 Å². The van der Waals surface area contributed by atoms with E-state index in [1.165, 1.54) is 0 Å². The molecule has 0 unspecified atom stereocenters. The molecule has 4 heteroatoms. The van der Waals surface area contributed by atoms with Crippen LogP contribution in [0.2, 0.25) is 0 Å². The minimum absolute atomic E-state index is 0.820. The molecular weight excluding hydrogens is 232 g/mol. The molecule has 3 nitrogen and oxygen atoms in total. The van der Waals surface area contributed by atoms with Crippen molar-refractivity contribution in [3.63, 3.8) is 0 Å². The van der Waals surface area contributed by atoms with Crippen molar-refractivity contribution in [1.82, 2.24) is 9.80 Å². The highest BCUT2D eigenvalue weighted by Gasteiger charge is 2.03. The van der Waals surface area contributed by atoms with Gasteiger partial charge in [-0.1, -0.05) is 15.9 Å². The Labute approximate surface area is 90.2 Å². The zero-order valence-corrected chi connectivity index (χ0v) is 10.5. The molecular formula is C9H21BrN2O. The monoisotopic (exact) mass is 252 g/mol. The van der Waals surface area contributed by atoms with Crippen molar-refractivity contribution in [2.45, 2.75) is 0 Å². The second-order valence-electron chi connectivity index (χ2n) is 3.33. The summed E-state index contributed by atoms with van der Waals surface area (Å²) in [4.78, 5) is 4.60. The minimum atomic E-state index is 0.820. The lowest BCUT2D eigenvalue weighted by molar-refractivity contribution is 0.146. The van der Waals surface area contributed by atoms with Crippen LogP contribution in [0.15, 0.2) is 0 Å². The first-order chi connectivity index (χ1) is 6.20. The van der Waals surface area contributed by atoms with E-state index < -0.39 is 0 Å². The summed E-state index contributed by atoms with van der Waals surface area (Å²) in [5.41, 5.74) is 0. The average Bonchev–Trinajstić information content (AvgIpc) is 2.09. The van der Waals surface area contributed by atoms with Crippen molar-refractivity contribution in [2.24, 2.45) is 0 Å². The van der Waals surface area contributed by atoms with Gasteiger partial charge in [-0.15, -0.1) is 0 Å². The number of halogens is 1. The minimum Gasteiger partial charge on any atom is -0.383 e. The summed E-state index contributed by atoms with van der Waals surface area (Å²) in [6, 6.07) is 0. The highest BCUT2D eigenvalue weighted by atomic mass is 79.9. The normalized spacial score (nSPS) is 11.5. The number of likely N-dealkylation sites (N-methyl/N-ethyl adjacent to an activating group) is 1. The number of rotatable bonds is 8. The first-order valence-electron chi connectivity index (χ1n) is 4.62. The first kappa shape index (κ1) is 13.4. The molecule has 0 saturated carbocycles. The van der Waals surface area contributed by atoms with Gasteiger partial charge in [0.2, 0.25) is 0 Å². The van der Waals surface area contributed by atoms with Crippen LogP contribution in [-0.4, -0.2) is 69.1 Å². The highest BCUT2D eigenvalue weighted by molar-refractivity contribution is 9.09. The predicted octanol–water partition coefficient (Wildman–Crippen LogP) is 0.891.